The van der Waals surface area contributed by atoms with Crippen molar-refractivity contribution in [3.63, 3.8) is 0 Å². The van der Waals surface area contributed by atoms with Crippen molar-refractivity contribution in [1.29, 1.82) is 0 Å². The molecule has 4 aromatic rings. The predicted molar refractivity (Wildman–Crippen MR) is 159 cm³/mol. The summed E-state index contributed by atoms with van der Waals surface area (Å²) in [5, 5.41) is 0.390. The monoisotopic (exact) mass is 559 g/mol. The van der Waals surface area contributed by atoms with Crippen LogP contribution < -0.4 is 15.2 Å². The molecule has 7 nitrogen and oxygen atoms in total. The Morgan fingerprint density at radius 3 is 2.46 bits per heavy atom. The number of piperidine rings is 1. The van der Waals surface area contributed by atoms with Crippen molar-refractivity contribution in [2.75, 3.05) is 23.5 Å². The molecule has 1 amide bonds. The maximum atomic E-state index is 13.1. The lowest BCUT2D eigenvalue weighted by Crippen LogP contribution is -2.35. The number of benzene rings is 3. The minimum Gasteiger partial charge on any atom is -0.437 e. The van der Waals surface area contributed by atoms with E-state index in [0.717, 1.165) is 53.9 Å². The molecule has 1 saturated heterocycles. The lowest BCUT2D eigenvalue weighted by molar-refractivity contribution is 0.0724. The molecule has 0 aliphatic carbocycles. The van der Waals surface area contributed by atoms with Crippen molar-refractivity contribution < 1.29 is 9.53 Å². The summed E-state index contributed by atoms with van der Waals surface area (Å²) in [5.74, 6) is 1.02. The van der Waals surface area contributed by atoms with Crippen LogP contribution >= 0.6 is 23.5 Å². The second-order valence-corrected chi connectivity index (χ2v) is 10.8. The molecule has 200 valence electrons. The lowest BCUT2D eigenvalue weighted by atomic mass is 10.00. The van der Waals surface area contributed by atoms with E-state index >= 15 is 0 Å². The standard InChI is InChI=1S/C30H30ClN5O2S/c1-19-8-6-9-20(2)28(19)25-18-27(34-30(33-25)35-39-23-11-7-10-22(32)17-23)38-26-16-21(12-13-24(26)31)29(37)36-14-4-3-5-15-36/h6-13,16-18H,3-5,14-15,32H2,1-2H3,(H,33,34,35). The van der Waals surface area contributed by atoms with Gasteiger partial charge >= 0.3 is 0 Å². The van der Waals surface area contributed by atoms with Crippen molar-refractivity contribution in [2.24, 2.45) is 0 Å². The third kappa shape index (κ3) is 6.46. The van der Waals surface area contributed by atoms with Gasteiger partial charge in [0, 0.05) is 40.9 Å². The quantitative estimate of drug-likeness (QED) is 0.178. The summed E-state index contributed by atoms with van der Waals surface area (Å²) in [5.41, 5.74) is 11.0. The summed E-state index contributed by atoms with van der Waals surface area (Å²) in [7, 11) is 0. The molecule has 0 unspecified atom stereocenters. The molecule has 0 radical (unpaired) electrons. The van der Waals surface area contributed by atoms with Gasteiger partial charge < -0.3 is 15.4 Å². The molecule has 3 N–H and O–H groups in total. The fourth-order valence-electron chi connectivity index (χ4n) is 4.66. The Balaban J connectivity index is 1.48. The summed E-state index contributed by atoms with van der Waals surface area (Å²) >= 11 is 7.87. The third-order valence-corrected chi connectivity index (χ3v) is 7.68. The normalized spacial score (nSPS) is 13.3. The van der Waals surface area contributed by atoms with Crippen LogP contribution in [0.5, 0.6) is 11.6 Å². The first-order chi connectivity index (χ1) is 18.9. The minimum atomic E-state index is -0.0176. The molecule has 0 atom stereocenters. The highest BCUT2D eigenvalue weighted by molar-refractivity contribution is 8.00. The van der Waals surface area contributed by atoms with E-state index < -0.39 is 0 Å². The molecule has 0 bridgehead atoms. The number of amides is 1. The number of rotatable bonds is 7. The van der Waals surface area contributed by atoms with E-state index in [1.807, 2.05) is 61.2 Å². The number of anilines is 2. The van der Waals surface area contributed by atoms with Crippen LogP contribution in [0.3, 0.4) is 0 Å². The van der Waals surface area contributed by atoms with Gasteiger partial charge in [-0.15, -0.1) is 0 Å². The highest BCUT2D eigenvalue weighted by Crippen LogP contribution is 2.34. The molecule has 39 heavy (non-hydrogen) atoms. The van der Waals surface area contributed by atoms with E-state index in [-0.39, 0.29) is 5.91 Å². The number of nitrogens with one attached hydrogen (secondary N) is 1. The number of nitrogen functional groups attached to an aromatic ring is 1. The van der Waals surface area contributed by atoms with Gasteiger partial charge in [-0.2, -0.15) is 4.98 Å². The summed E-state index contributed by atoms with van der Waals surface area (Å²) in [6.45, 7) is 5.63. The Kier molecular flexibility index (Phi) is 8.24. The molecule has 1 aromatic heterocycles. The smallest absolute Gasteiger partial charge is 0.253 e. The second-order valence-electron chi connectivity index (χ2n) is 9.56. The minimum absolute atomic E-state index is 0.0176. The van der Waals surface area contributed by atoms with Gasteiger partial charge in [-0.3, -0.25) is 9.52 Å². The van der Waals surface area contributed by atoms with Gasteiger partial charge in [0.25, 0.3) is 5.91 Å². The number of carbonyl (C=O) groups excluding carboxylic acids is 1. The summed E-state index contributed by atoms with van der Waals surface area (Å²) < 4.78 is 9.43. The average molecular weight is 560 g/mol. The zero-order valence-corrected chi connectivity index (χ0v) is 23.5. The molecule has 0 spiro atoms. The van der Waals surface area contributed by atoms with Gasteiger partial charge in [0.1, 0.15) is 5.75 Å². The molecule has 3 aromatic carbocycles. The maximum Gasteiger partial charge on any atom is 0.253 e. The summed E-state index contributed by atoms with van der Waals surface area (Å²) in [6, 6.07) is 20.6. The van der Waals surface area contributed by atoms with Gasteiger partial charge in [-0.05, 0) is 92.6 Å². The van der Waals surface area contributed by atoms with Gasteiger partial charge in [0.15, 0.2) is 0 Å². The molecular formula is C30H30ClN5O2S. The molecule has 5 rings (SSSR count). The van der Waals surface area contributed by atoms with Crippen LogP contribution in [0.15, 0.2) is 71.6 Å². The summed E-state index contributed by atoms with van der Waals surface area (Å²) in [6.07, 6.45) is 3.20. The SMILES string of the molecule is Cc1cccc(C)c1-c1cc(Oc2cc(C(=O)N3CCCCC3)ccc2Cl)nc(NSc2cccc(N)c2)n1. The largest absolute Gasteiger partial charge is 0.437 e. The van der Waals surface area contributed by atoms with E-state index in [1.54, 1.807) is 24.3 Å². The highest BCUT2D eigenvalue weighted by Gasteiger charge is 2.20. The van der Waals surface area contributed by atoms with Gasteiger partial charge in [-0.25, -0.2) is 4.98 Å². The zero-order valence-electron chi connectivity index (χ0n) is 21.9. The Morgan fingerprint density at radius 2 is 1.72 bits per heavy atom. The first kappa shape index (κ1) is 26.8. The van der Waals surface area contributed by atoms with Gasteiger partial charge in [-0.1, -0.05) is 35.9 Å². The average Bonchev–Trinajstić information content (AvgIpc) is 2.93. The lowest BCUT2D eigenvalue weighted by Gasteiger charge is -2.26. The van der Waals surface area contributed by atoms with E-state index in [2.05, 4.69) is 9.71 Å². The highest BCUT2D eigenvalue weighted by atomic mass is 35.5. The van der Waals surface area contributed by atoms with Crippen LogP contribution in [-0.2, 0) is 0 Å². The number of halogens is 1. The Morgan fingerprint density at radius 1 is 0.974 bits per heavy atom. The molecular weight excluding hydrogens is 530 g/mol. The molecule has 1 fully saturated rings. The zero-order chi connectivity index (χ0) is 27.4. The molecule has 9 heteroatoms. The van der Waals surface area contributed by atoms with Crippen molar-refractivity contribution in [3.05, 3.63) is 88.4 Å². The number of ether oxygens (including phenoxy) is 1. The number of nitrogens with zero attached hydrogens (tertiary/aromatic N) is 3. The Hall–Kier alpha value is -3.75. The molecule has 2 heterocycles. The number of nitrogens with two attached hydrogens (primary N) is 1. The van der Waals surface area contributed by atoms with Crippen molar-refractivity contribution in [1.82, 2.24) is 14.9 Å². The van der Waals surface area contributed by atoms with Crippen LogP contribution in [0.4, 0.5) is 11.6 Å². The number of likely N-dealkylation sites (tertiary alicyclic amines) is 1. The number of hydrogen-bond donors (Lipinski definition) is 2. The van der Waals surface area contributed by atoms with Crippen molar-refractivity contribution >= 4 is 41.1 Å². The number of aryl methyl sites for hydroxylation is 2. The fourth-order valence-corrected chi connectivity index (χ4v) is 5.46. The number of carbonyl (C=O) groups is 1. The van der Waals surface area contributed by atoms with Crippen molar-refractivity contribution in [3.8, 4) is 22.9 Å². The Bertz CT molecular complexity index is 1490. The molecule has 1 aliphatic rings. The number of aromatic nitrogens is 2. The van der Waals surface area contributed by atoms with E-state index in [4.69, 9.17) is 27.1 Å². The summed E-state index contributed by atoms with van der Waals surface area (Å²) in [4.78, 5) is 25.3. The maximum absolute atomic E-state index is 13.1. The molecule has 0 saturated carbocycles. The second kappa shape index (κ2) is 12.0. The number of hydrogen-bond acceptors (Lipinski definition) is 7. The van der Waals surface area contributed by atoms with Gasteiger partial charge in [0.2, 0.25) is 11.8 Å². The van der Waals surface area contributed by atoms with Crippen LogP contribution in [-0.4, -0.2) is 33.9 Å². The van der Waals surface area contributed by atoms with Crippen LogP contribution in [0.2, 0.25) is 5.02 Å². The predicted octanol–water partition coefficient (Wildman–Crippen LogP) is 7.53. The van der Waals surface area contributed by atoms with Crippen molar-refractivity contribution in [2.45, 2.75) is 38.0 Å². The van der Waals surface area contributed by atoms with E-state index in [1.165, 1.54) is 11.9 Å². The van der Waals surface area contributed by atoms with Crippen LogP contribution in [0.1, 0.15) is 40.7 Å². The Labute approximate surface area is 237 Å². The fraction of sp³-hybridized carbons (Fsp3) is 0.233. The van der Waals surface area contributed by atoms with Crippen LogP contribution in [0, 0.1) is 13.8 Å². The first-order valence-corrected chi connectivity index (χ1v) is 14.1. The molecule has 1 aliphatic heterocycles. The van der Waals surface area contributed by atoms with Gasteiger partial charge in [0.05, 0.1) is 10.7 Å². The van der Waals surface area contributed by atoms with E-state index in [0.29, 0.717) is 39.5 Å². The van der Waals surface area contributed by atoms with Crippen LogP contribution in [0.25, 0.3) is 11.3 Å². The first-order valence-electron chi connectivity index (χ1n) is 12.9. The van der Waals surface area contributed by atoms with E-state index in [9.17, 15) is 4.79 Å². The topological polar surface area (TPSA) is 93.4 Å². The third-order valence-electron chi connectivity index (χ3n) is 6.59.